The molecule has 0 unspecified atom stereocenters. The molecule has 0 saturated carbocycles. The minimum absolute atomic E-state index is 0.0278. The van der Waals surface area contributed by atoms with Gasteiger partial charge in [-0.3, -0.25) is 4.79 Å². The summed E-state index contributed by atoms with van der Waals surface area (Å²) in [5.41, 5.74) is 0.981. The smallest absolute Gasteiger partial charge is 0.216 e. The van der Waals surface area contributed by atoms with Gasteiger partial charge in [-0.15, -0.1) is 0 Å². The third-order valence-corrected chi connectivity index (χ3v) is 2.71. The van der Waals surface area contributed by atoms with E-state index in [9.17, 15) is 4.79 Å². The number of carbonyl (C=O) groups excluding carboxylic acids is 1. The molecule has 1 aromatic rings. The lowest BCUT2D eigenvalue weighted by atomic mass is 10.2. The SMILES string of the molecule is CNc1nc(C(C)C)nc(NCCNC(C)=O)c1C. The predicted molar refractivity (Wildman–Crippen MR) is 77.6 cm³/mol. The average molecular weight is 265 g/mol. The molecule has 1 heterocycles. The van der Waals surface area contributed by atoms with Gasteiger partial charge in [0.05, 0.1) is 0 Å². The molecule has 0 aliphatic heterocycles. The van der Waals surface area contributed by atoms with Gasteiger partial charge >= 0.3 is 0 Å². The normalized spacial score (nSPS) is 10.4. The van der Waals surface area contributed by atoms with Crippen LogP contribution in [0.4, 0.5) is 11.6 Å². The maximum atomic E-state index is 10.8. The van der Waals surface area contributed by atoms with Gasteiger partial charge < -0.3 is 16.0 Å². The van der Waals surface area contributed by atoms with Crippen molar-refractivity contribution in [3.05, 3.63) is 11.4 Å². The maximum Gasteiger partial charge on any atom is 0.216 e. The highest BCUT2D eigenvalue weighted by Crippen LogP contribution is 2.22. The molecule has 0 fully saturated rings. The first kappa shape index (κ1) is 15.2. The highest BCUT2D eigenvalue weighted by Gasteiger charge is 2.11. The van der Waals surface area contributed by atoms with Gasteiger partial charge in [0, 0.05) is 38.5 Å². The Bertz CT molecular complexity index is 445. The summed E-state index contributed by atoms with van der Waals surface area (Å²) in [5, 5.41) is 9.05. The van der Waals surface area contributed by atoms with E-state index in [4.69, 9.17) is 0 Å². The molecule has 1 aromatic heterocycles. The molecule has 0 saturated heterocycles. The summed E-state index contributed by atoms with van der Waals surface area (Å²) in [6.45, 7) is 8.81. The Morgan fingerprint density at radius 2 is 1.84 bits per heavy atom. The number of amides is 1. The van der Waals surface area contributed by atoms with Crippen LogP contribution in [0.2, 0.25) is 0 Å². The molecule has 0 radical (unpaired) electrons. The number of nitrogens with one attached hydrogen (secondary N) is 3. The van der Waals surface area contributed by atoms with E-state index in [1.807, 2.05) is 14.0 Å². The fourth-order valence-electron chi connectivity index (χ4n) is 1.63. The fourth-order valence-corrected chi connectivity index (χ4v) is 1.63. The van der Waals surface area contributed by atoms with E-state index in [1.54, 1.807) is 0 Å². The minimum atomic E-state index is -0.0278. The molecule has 1 rings (SSSR count). The largest absolute Gasteiger partial charge is 0.373 e. The van der Waals surface area contributed by atoms with Gasteiger partial charge in [0.1, 0.15) is 17.5 Å². The van der Waals surface area contributed by atoms with Crippen LogP contribution in [-0.2, 0) is 4.79 Å². The highest BCUT2D eigenvalue weighted by molar-refractivity contribution is 5.72. The number of hydrogen-bond acceptors (Lipinski definition) is 5. The number of aromatic nitrogens is 2. The van der Waals surface area contributed by atoms with Crippen LogP contribution < -0.4 is 16.0 Å². The quantitative estimate of drug-likeness (QED) is 0.679. The Morgan fingerprint density at radius 1 is 1.21 bits per heavy atom. The molecule has 19 heavy (non-hydrogen) atoms. The van der Waals surface area contributed by atoms with Crippen molar-refractivity contribution in [2.45, 2.75) is 33.6 Å². The van der Waals surface area contributed by atoms with Crippen molar-refractivity contribution in [1.82, 2.24) is 15.3 Å². The van der Waals surface area contributed by atoms with Crippen LogP contribution >= 0.6 is 0 Å². The Morgan fingerprint density at radius 3 is 2.37 bits per heavy atom. The molecule has 3 N–H and O–H groups in total. The first-order valence-electron chi connectivity index (χ1n) is 6.50. The zero-order valence-corrected chi connectivity index (χ0v) is 12.3. The van der Waals surface area contributed by atoms with Crippen molar-refractivity contribution >= 4 is 17.5 Å². The van der Waals surface area contributed by atoms with Crippen molar-refractivity contribution in [3.8, 4) is 0 Å². The maximum absolute atomic E-state index is 10.8. The standard InChI is InChI=1S/C13H23N5O/c1-8(2)11-17-12(14-5)9(3)13(18-11)16-7-6-15-10(4)19/h8H,6-7H2,1-5H3,(H,15,19)(H2,14,16,17,18). The molecule has 6 nitrogen and oxygen atoms in total. The summed E-state index contributed by atoms with van der Waals surface area (Å²) in [7, 11) is 1.85. The Balaban J connectivity index is 2.80. The van der Waals surface area contributed by atoms with Crippen molar-refractivity contribution in [2.75, 3.05) is 30.8 Å². The van der Waals surface area contributed by atoms with Crippen molar-refractivity contribution in [2.24, 2.45) is 0 Å². The highest BCUT2D eigenvalue weighted by atomic mass is 16.1. The van der Waals surface area contributed by atoms with Crippen LogP contribution in [0, 0.1) is 6.92 Å². The van der Waals surface area contributed by atoms with Gasteiger partial charge in [0.2, 0.25) is 5.91 Å². The third kappa shape index (κ3) is 4.39. The van der Waals surface area contributed by atoms with Gasteiger partial charge in [-0.1, -0.05) is 13.8 Å². The van der Waals surface area contributed by atoms with E-state index in [1.165, 1.54) is 6.92 Å². The first-order chi connectivity index (χ1) is 8.95. The number of nitrogens with zero attached hydrogens (tertiary/aromatic N) is 2. The zero-order chi connectivity index (χ0) is 14.4. The fraction of sp³-hybridized carbons (Fsp3) is 0.615. The summed E-state index contributed by atoms with van der Waals surface area (Å²) in [5.74, 6) is 2.69. The molecular formula is C13H23N5O. The molecule has 1 amide bonds. The van der Waals surface area contributed by atoms with Crippen LogP contribution in [0.3, 0.4) is 0 Å². The number of anilines is 2. The average Bonchev–Trinajstić information content (AvgIpc) is 2.35. The lowest BCUT2D eigenvalue weighted by Gasteiger charge is -2.15. The zero-order valence-electron chi connectivity index (χ0n) is 12.3. The Hall–Kier alpha value is -1.85. The van der Waals surface area contributed by atoms with Crippen molar-refractivity contribution < 1.29 is 4.79 Å². The summed E-state index contributed by atoms with van der Waals surface area (Å²) < 4.78 is 0. The molecule has 0 aliphatic carbocycles. The van der Waals surface area contributed by atoms with Gasteiger partial charge in [-0.2, -0.15) is 0 Å². The first-order valence-corrected chi connectivity index (χ1v) is 6.50. The second-order valence-electron chi connectivity index (χ2n) is 4.72. The minimum Gasteiger partial charge on any atom is -0.373 e. The summed E-state index contributed by atoms with van der Waals surface area (Å²) in [6.07, 6.45) is 0. The van der Waals surface area contributed by atoms with Gasteiger partial charge in [0.15, 0.2) is 0 Å². The second kappa shape index (κ2) is 6.92. The summed E-state index contributed by atoms with van der Waals surface area (Å²) >= 11 is 0. The van der Waals surface area contributed by atoms with E-state index >= 15 is 0 Å². The van der Waals surface area contributed by atoms with E-state index in [-0.39, 0.29) is 11.8 Å². The second-order valence-corrected chi connectivity index (χ2v) is 4.72. The molecule has 0 atom stereocenters. The van der Waals surface area contributed by atoms with Gasteiger partial charge in [-0.25, -0.2) is 9.97 Å². The Kier molecular flexibility index (Phi) is 5.54. The molecule has 0 aliphatic rings. The lowest BCUT2D eigenvalue weighted by Crippen LogP contribution is -2.26. The van der Waals surface area contributed by atoms with Crippen LogP contribution in [0.15, 0.2) is 0 Å². The van der Waals surface area contributed by atoms with Gasteiger partial charge in [-0.05, 0) is 6.92 Å². The predicted octanol–water partition coefficient (Wildman–Crippen LogP) is 1.50. The van der Waals surface area contributed by atoms with Crippen molar-refractivity contribution in [1.29, 1.82) is 0 Å². The topological polar surface area (TPSA) is 78.9 Å². The number of rotatable bonds is 6. The van der Waals surface area contributed by atoms with E-state index in [0.29, 0.717) is 13.1 Å². The summed E-state index contributed by atoms with van der Waals surface area (Å²) in [6, 6.07) is 0. The Labute approximate surface area is 114 Å². The van der Waals surface area contributed by atoms with Crippen LogP contribution in [-0.4, -0.2) is 36.0 Å². The molecule has 0 spiro atoms. The van der Waals surface area contributed by atoms with Gasteiger partial charge in [0.25, 0.3) is 0 Å². The van der Waals surface area contributed by atoms with Crippen LogP contribution in [0.5, 0.6) is 0 Å². The molecule has 6 heteroatoms. The van der Waals surface area contributed by atoms with Crippen LogP contribution in [0.1, 0.15) is 38.1 Å². The van der Waals surface area contributed by atoms with Crippen molar-refractivity contribution in [3.63, 3.8) is 0 Å². The summed E-state index contributed by atoms with van der Waals surface area (Å²) in [4.78, 5) is 19.8. The van der Waals surface area contributed by atoms with E-state index < -0.39 is 0 Å². The number of carbonyl (C=O) groups is 1. The molecule has 0 aromatic carbocycles. The van der Waals surface area contributed by atoms with E-state index in [2.05, 4.69) is 39.8 Å². The monoisotopic (exact) mass is 265 g/mol. The molecule has 0 bridgehead atoms. The molecular weight excluding hydrogens is 242 g/mol. The lowest BCUT2D eigenvalue weighted by molar-refractivity contribution is -0.118. The van der Waals surface area contributed by atoms with Crippen LogP contribution in [0.25, 0.3) is 0 Å². The molecule has 106 valence electrons. The third-order valence-electron chi connectivity index (χ3n) is 2.71. The number of hydrogen-bond donors (Lipinski definition) is 3. The van der Waals surface area contributed by atoms with E-state index in [0.717, 1.165) is 23.0 Å².